The van der Waals surface area contributed by atoms with Gasteiger partial charge in [0.25, 0.3) is 0 Å². The van der Waals surface area contributed by atoms with Gasteiger partial charge in [-0.2, -0.15) is 0 Å². The SMILES string of the molecule is CC(NS(=O)(=O)c1cc(N)c(Br)cc1F)c1ccc(Cl)s1. The van der Waals surface area contributed by atoms with Gasteiger partial charge in [0, 0.05) is 15.0 Å². The molecule has 0 saturated carbocycles. The molecule has 1 aromatic carbocycles. The first-order valence-corrected chi connectivity index (χ1v) is 9.20. The van der Waals surface area contributed by atoms with E-state index in [1.54, 1.807) is 19.1 Å². The van der Waals surface area contributed by atoms with Crippen LogP contribution in [0.25, 0.3) is 0 Å². The normalized spacial score (nSPS) is 13.3. The maximum absolute atomic E-state index is 13.9. The first-order chi connectivity index (χ1) is 9.70. The Labute approximate surface area is 139 Å². The van der Waals surface area contributed by atoms with Gasteiger partial charge < -0.3 is 5.73 Å². The van der Waals surface area contributed by atoms with Crippen LogP contribution in [0.15, 0.2) is 33.6 Å². The van der Waals surface area contributed by atoms with Crippen LogP contribution >= 0.6 is 38.9 Å². The Morgan fingerprint density at radius 1 is 1.43 bits per heavy atom. The quantitative estimate of drug-likeness (QED) is 0.746. The lowest BCUT2D eigenvalue weighted by atomic mass is 10.3. The van der Waals surface area contributed by atoms with Gasteiger partial charge in [-0.25, -0.2) is 17.5 Å². The van der Waals surface area contributed by atoms with E-state index in [1.807, 2.05) is 0 Å². The number of nitrogens with two attached hydrogens (primary N) is 1. The number of thiophene rings is 1. The lowest BCUT2D eigenvalue weighted by molar-refractivity contribution is 0.548. The van der Waals surface area contributed by atoms with Crippen molar-refractivity contribution < 1.29 is 12.8 Å². The molecule has 0 saturated heterocycles. The van der Waals surface area contributed by atoms with Gasteiger partial charge in [0.15, 0.2) is 0 Å². The van der Waals surface area contributed by atoms with Gasteiger partial charge in [0.05, 0.1) is 10.4 Å². The lowest BCUT2D eigenvalue weighted by Crippen LogP contribution is -2.27. The van der Waals surface area contributed by atoms with Gasteiger partial charge >= 0.3 is 0 Å². The van der Waals surface area contributed by atoms with Gasteiger partial charge in [-0.3, -0.25) is 0 Å². The van der Waals surface area contributed by atoms with Crippen molar-refractivity contribution in [3.05, 3.63) is 43.8 Å². The number of nitrogens with one attached hydrogen (secondary N) is 1. The van der Waals surface area contributed by atoms with Crippen molar-refractivity contribution in [1.29, 1.82) is 0 Å². The van der Waals surface area contributed by atoms with Gasteiger partial charge in [0.2, 0.25) is 10.0 Å². The molecule has 0 bridgehead atoms. The van der Waals surface area contributed by atoms with Gasteiger partial charge in [0.1, 0.15) is 10.7 Å². The molecular formula is C12H11BrClFN2O2S2. The highest BCUT2D eigenvalue weighted by Crippen LogP contribution is 2.30. The van der Waals surface area contributed by atoms with Crippen LogP contribution in [0.4, 0.5) is 10.1 Å². The third-order valence-electron chi connectivity index (χ3n) is 2.69. The summed E-state index contributed by atoms with van der Waals surface area (Å²) in [5.41, 5.74) is 5.75. The monoisotopic (exact) mass is 412 g/mol. The van der Waals surface area contributed by atoms with E-state index in [1.165, 1.54) is 11.3 Å². The van der Waals surface area contributed by atoms with Crippen LogP contribution in [0, 0.1) is 5.82 Å². The van der Waals surface area contributed by atoms with Gasteiger partial charge in [-0.05, 0) is 47.1 Å². The van der Waals surface area contributed by atoms with E-state index < -0.39 is 26.8 Å². The summed E-state index contributed by atoms with van der Waals surface area (Å²) < 4.78 is 41.6. The first-order valence-electron chi connectivity index (χ1n) is 5.73. The number of anilines is 1. The Morgan fingerprint density at radius 3 is 2.67 bits per heavy atom. The minimum absolute atomic E-state index is 0.142. The number of sulfonamides is 1. The molecule has 0 aliphatic carbocycles. The van der Waals surface area contributed by atoms with Gasteiger partial charge in [-0.15, -0.1) is 11.3 Å². The summed E-state index contributed by atoms with van der Waals surface area (Å²) in [4.78, 5) is 0.242. The highest BCUT2D eigenvalue weighted by Gasteiger charge is 2.24. The van der Waals surface area contributed by atoms with Crippen molar-refractivity contribution in [3.63, 3.8) is 0 Å². The fourth-order valence-corrected chi connectivity index (χ4v) is 4.44. The van der Waals surface area contributed by atoms with Crippen LogP contribution in [-0.4, -0.2) is 8.42 Å². The number of hydrogen-bond donors (Lipinski definition) is 2. The molecule has 2 aromatic rings. The Bertz CT molecular complexity index is 780. The molecule has 4 nitrogen and oxygen atoms in total. The van der Waals surface area contributed by atoms with E-state index in [2.05, 4.69) is 20.7 Å². The molecular weight excluding hydrogens is 403 g/mol. The zero-order valence-corrected chi connectivity index (χ0v) is 14.7. The second-order valence-corrected chi connectivity index (χ2v) is 8.57. The number of benzene rings is 1. The van der Waals surface area contributed by atoms with Crippen LogP contribution in [0.5, 0.6) is 0 Å². The number of hydrogen-bond acceptors (Lipinski definition) is 4. The zero-order chi connectivity index (χ0) is 15.8. The predicted octanol–water partition coefficient (Wildman–Crippen LogP) is 3.92. The van der Waals surface area contributed by atoms with Crippen LogP contribution in [0.2, 0.25) is 4.34 Å². The Morgan fingerprint density at radius 2 is 2.10 bits per heavy atom. The molecule has 2 rings (SSSR count). The first kappa shape index (κ1) is 16.7. The number of nitrogen functional groups attached to an aromatic ring is 1. The molecule has 1 aromatic heterocycles. The van der Waals surface area contributed by atoms with E-state index in [0.717, 1.165) is 17.0 Å². The van der Waals surface area contributed by atoms with Crippen LogP contribution in [0.3, 0.4) is 0 Å². The summed E-state index contributed by atoms with van der Waals surface area (Å²) in [6, 6.07) is 4.96. The second-order valence-electron chi connectivity index (χ2n) is 4.29. The predicted molar refractivity (Wildman–Crippen MR) is 86.6 cm³/mol. The minimum atomic E-state index is -4.03. The summed E-state index contributed by atoms with van der Waals surface area (Å²) in [5, 5.41) is 0. The molecule has 0 aliphatic rings. The Kier molecular flexibility index (Phi) is 4.94. The molecule has 0 radical (unpaired) electrons. The highest BCUT2D eigenvalue weighted by atomic mass is 79.9. The Hall–Kier alpha value is -0.670. The average Bonchev–Trinajstić information content (AvgIpc) is 2.80. The van der Waals surface area contributed by atoms with Crippen LogP contribution in [0.1, 0.15) is 17.8 Å². The maximum Gasteiger partial charge on any atom is 0.244 e. The highest BCUT2D eigenvalue weighted by molar-refractivity contribution is 9.10. The topological polar surface area (TPSA) is 72.2 Å². The summed E-state index contributed by atoms with van der Waals surface area (Å²) >= 11 is 10.1. The summed E-state index contributed by atoms with van der Waals surface area (Å²) in [6.07, 6.45) is 0. The fraction of sp³-hybridized carbons (Fsp3) is 0.167. The summed E-state index contributed by atoms with van der Waals surface area (Å²) in [7, 11) is -4.03. The van der Waals surface area contributed by atoms with Crippen molar-refractivity contribution >= 4 is 54.6 Å². The van der Waals surface area contributed by atoms with Crippen molar-refractivity contribution in [2.45, 2.75) is 17.9 Å². The van der Waals surface area contributed by atoms with E-state index in [4.69, 9.17) is 17.3 Å². The smallest absolute Gasteiger partial charge is 0.244 e. The van der Waals surface area contributed by atoms with E-state index in [9.17, 15) is 12.8 Å². The van der Waals surface area contributed by atoms with Crippen LogP contribution in [-0.2, 0) is 10.0 Å². The minimum Gasteiger partial charge on any atom is -0.398 e. The third kappa shape index (κ3) is 3.75. The van der Waals surface area contributed by atoms with E-state index in [0.29, 0.717) is 8.81 Å². The largest absolute Gasteiger partial charge is 0.398 e. The van der Waals surface area contributed by atoms with Crippen LogP contribution < -0.4 is 10.5 Å². The Balaban J connectivity index is 2.32. The van der Waals surface area contributed by atoms with Crippen molar-refractivity contribution in [1.82, 2.24) is 4.72 Å². The summed E-state index contributed by atoms with van der Waals surface area (Å²) in [6.45, 7) is 1.65. The van der Waals surface area contributed by atoms with Crippen molar-refractivity contribution in [2.24, 2.45) is 0 Å². The molecule has 1 heterocycles. The van der Waals surface area contributed by atoms with Crippen molar-refractivity contribution in [2.75, 3.05) is 5.73 Å². The lowest BCUT2D eigenvalue weighted by Gasteiger charge is -2.14. The third-order valence-corrected chi connectivity index (χ3v) is 6.35. The standard InChI is InChI=1S/C12H11BrClFN2O2S2/c1-6(10-2-3-12(14)20-10)17-21(18,19)11-5-9(16)7(13)4-8(11)15/h2-6,17H,16H2,1H3. The van der Waals surface area contributed by atoms with Crippen molar-refractivity contribution in [3.8, 4) is 0 Å². The fourth-order valence-electron chi connectivity index (χ4n) is 1.67. The molecule has 0 amide bonds. The molecule has 114 valence electrons. The zero-order valence-electron chi connectivity index (χ0n) is 10.7. The molecule has 0 fully saturated rings. The van der Waals surface area contributed by atoms with Gasteiger partial charge in [-0.1, -0.05) is 11.6 Å². The molecule has 1 unspecified atom stereocenters. The second kappa shape index (κ2) is 6.21. The molecule has 3 N–H and O–H groups in total. The average molecular weight is 414 g/mol. The van der Waals surface area contributed by atoms with E-state index in [-0.39, 0.29) is 5.69 Å². The number of rotatable bonds is 4. The molecule has 0 spiro atoms. The molecule has 9 heteroatoms. The summed E-state index contributed by atoms with van der Waals surface area (Å²) in [5.74, 6) is -0.875. The maximum atomic E-state index is 13.9. The molecule has 1 atom stereocenters. The van der Waals surface area contributed by atoms with E-state index >= 15 is 0 Å². The molecule has 21 heavy (non-hydrogen) atoms. The number of halogens is 3. The molecule has 0 aliphatic heterocycles.